The van der Waals surface area contributed by atoms with Gasteiger partial charge in [-0.25, -0.2) is 0 Å². The highest BCUT2D eigenvalue weighted by Gasteiger charge is 2.29. The SMILES string of the molecule is CC1CN(c2nncs2)CCN1C(=O)c1cccc(Cl)c1. The van der Waals surface area contributed by atoms with E-state index in [9.17, 15) is 4.79 Å². The average Bonchev–Trinajstić information content (AvgIpc) is 3.00. The lowest BCUT2D eigenvalue weighted by atomic mass is 10.1. The van der Waals surface area contributed by atoms with Gasteiger partial charge in [0.05, 0.1) is 0 Å². The zero-order valence-electron chi connectivity index (χ0n) is 11.6. The summed E-state index contributed by atoms with van der Waals surface area (Å²) in [6, 6.07) is 7.22. The summed E-state index contributed by atoms with van der Waals surface area (Å²) in [6.45, 7) is 4.26. The van der Waals surface area contributed by atoms with Crippen LogP contribution in [0.1, 0.15) is 17.3 Å². The van der Waals surface area contributed by atoms with Gasteiger partial charge in [0.15, 0.2) is 0 Å². The van der Waals surface area contributed by atoms with Gasteiger partial charge >= 0.3 is 0 Å². The Morgan fingerprint density at radius 2 is 2.29 bits per heavy atom. The van der Waals surface area contributed by atoms with Crippen molar-refractivity contribution < 1.29 is 4.79 Å². The van der Waals surface area contributed by atoms with E-state index in [2.05, 4.69) is 22.0 Å². The van der Waals surface area contributed by atoms with Gasteiger partial charge in [0.2, 0.25) is 5.13 Å². The van der Waals surface area contributed by atoms with Crippen molar-refractivity contribution in [3.63, 3.8) is 0 Å². The van der Waals surface area contributed by atoms with E-state index in [1.54, 1.807) is 29.8 Å². The number of anilines is 1. The van der Waals surface area contributed by atoms with E-state index in [0.29, 0.717) is 17.1 Å². The summed E-state index contributed by atoms with van der Waals surface area (Å²) in [6.07, 6.45) is 0. The van der Waals surface area contributed by atoms with Crippen LogP contribution in [0.2, 0.25) is 5.02 Å². The molecule has 7 heteroatoms. The Kier molecular flexibility index (Phi) is 4.07. The first-order chi connectivity index (χ1) is 10.1. The maximum atomic E-state index is 12.6. The number of benzene rings is 1. The van der Waals surface area contributed by atoms with Crippen molar-refractivity contribution in [3.05, 3.63) is 40.4 Å². The van der Waals surface area contributed by atoms with E-state index in [4.69, 9.17) is 11.6 Å². The Bertz CT molecular complexity index is 634. The molecule has 1 aliphatic heterocycles. The molecule has 21 heavy (non-hydrogen) atoms. The molecule has 0 bridgehead atoms. The number of hydrogen-bond donors (Lipinski definition) is 0. The highest BCUT2D eigenvalue weighted by Crippen LogP contribution is 2.22. The van der Waals surface area contributed by atoms with Gasteiger partial charge in [-0.2, -0.15) is 0 Å². The molecule has 1 aliphatic rings. The Hall–Kier alpha value is -1.66. The number of piperazine rings is 1. The van der Waals surface area contributed by atoms with Gasteiger partial charge in [0.1, 0.15) is 5.51 Å². The highest BCUT2D eigenvalue weighted by atomic mass is 35.5. The lowest BCUT2D eigenvalue weighted by molar-refractivity contribution is 0.0674. The van der Waals surface area contributed by atoms with Crippen molar-refractivity contribution in [2.75, 3.05) is 24.5 Å². The molecule has 0 N–H and O–H groups in total. The molecular formula is C14H15ClN4OS. The monoisotopic (exact) mass is 322 g/mol. The van der Waals surface area contributed by atoms with Gasteiger partial charge in [-0.15, -0.1) is 10.2 Å². The maximum Gasteiger partial charge on any atom is 0.254 e. The van der Waals surface area contributed by atoms with Crippen LogP contribution < -0.4 is 4.90 Å². The number of nitrogens with zero attached hydrogens (tertiary/aromatic N) is 4. The first-order valence-electron chi connectivity index (χ1n) is 6.73. The molecule has 110 valence electrons. The molecule has 1 aromatic heterocycles. The standard InChI is InChI=1S/C14H15ClN4OS/c1-10-8-18(14-17-16-9-21-14)5-6-19(10)13(20)11-3-2-4-12(15)7-11/h2-4,7,9-10H,5-6,8H2,1H3. The topological polar surface area (TPSA) is 49.3 Å². The van der Waals surface area contributed by atoms with Crippen molar-refractivity contribution >= 4 is 34.0 Å². The maximum absolute atomic E-state index is 12.6. The number of carbonyl (C=O) groups excluding carboxylic acids is 1. The second-order valence-corrected chi connectivity index (χ2v) is 6.27. The van der Waals surface area contributed by atoms with Crippen LogP contribution in [0.3, 0.4) is 0 Å². The third kappa shape index (κ3) is 3.01. The third-order valence-electron chi connectivity index (χ3n) is 3.58. The van der Waals surface area contributed by atoms with Crippen LogP contribution in [0.15, 0.2) is 29.8 Å². The van der Waals surface area contributed by atoms with E-state index in [-0.39, 0.29) is 11.9 Å². The molecule has 3 rings (SSSR count). The minimum absolute atomic E-state index is 0.0295. The first-order valence-corrected chi connectivity index (χ1v) is 7.98. The number of carbonyl (C=O) groups is 1. The number of hydrogen-bond acceptors (Lipinski definition) is 5. The molecule has 1 unspecified atom stereocenters. The van der Waals surface area contributed by atoms with Crippen molar-refractivity contribution in [2.24, 2.45) is 0 Å². The highest BCUT2D eigenvalue weighted by molar-refractivity contribution is 7.13. The van der Waals surface area contributed by atoms with Gasteiger partial charge in [0.25, 0.3) is 5.91 Å². The van der Waals surface area contributed by atoms with E-state index >= 15 is 0 Å². The number of rotatable bonds is 2. The molecule has 1 saturated heterocycles. The Morgan fingerprint density at radius 1 is 1.43 bits per heavy atom. The predicted molar refractivity (Wildman–Crippen MR) is 84.1 cm³/mol. The molecule has 2 aromatic rings. The Balaban J connectivity index is 1.72. The molecule has 0 saturated carbocycles. The van der Waals surface area contributed by atoms with E-state index in [0.717, 1.165) is 18.2 Å². The first kappa shape index (κ1) is 14.3. The molecule has 1 aromatic carbocycles. The molecule has 0 radical (unpaired) electrons. The summed E-state index contributed by atoms with van der Waals surface area (Å²) in [4.78, 5) is 16.6. The van der Waals surface area contributed by atoms with Crippen molar-refractivity contribution in [3.8, 4) is 0 Å². The largest absolute Gasteiger partial charge is 0.343 e. The zero-order chi connectivity index (χ0) is 14.8. The van der Waals surface area contributed by atoms with Crippen LogP contribution in [-0.2, 0) is 0 Å². The fourth-order valence-electron chi connectivity index (χ4n) is 2.53. The van der Waals surface area contributed by atoms with Crippen LogP contribution >= 0.6 is 22.9 Å². The van der Waals surface area contributed by atoms with Gasteiger partial charge in [-0.1, -0.05) is 29.0 Å². The molecule has 1 atom stereocenters. The second kappa shape index (κ2) is 5.99. The smallest absolute Gasteiger partial charge is 0.254 e. The van der Waals surface area contributed by atoms with Gasteiger partial charge in [-0.3, -0.25) is 4.79 Å². The molecule has 0 spiro atoms. The lowest BCUT2D eigenvalue weighted by Crippen LogP contribution is -2.54. The van der Waals surface area contributed by atoms with Crippen LogP contribution in [-0.4, -0.2) is 46.7 Å². The normalized spacial score (nSPS) is 18.9. The van der Waals surface area contributed by atoms with Gasteiger partial charge < -0.3 is 9.80 Å². The van der Waals surface area contributed by atoms with Crippen molar-refractivity contribution in [1.29, 1.82) is 0 Å². The molecular weight excluding hydrogens is 308 g/mol. The molecule has 2 heterocycles. The number of halogens is 1. The van der Waals surface area contributed by atoms with Gasteiger partial charge in [-0.05, 0) is 25.1 Å². The molecule has 1 fully saturated rings. The Labute approximate surface area is 132 Å². The molecule has 1 amide bonds. The number of amides is 1. The summed E-state index contributed by atoms with van der Waals surface area (Å²) in [7, 11) is 0. The summed E-state index contributed by atoms with van der Waals surface area (Å²) in [5, 5.41) is 9.45. The third-order valence-corrected chi connectivity index (χ3v) is 4.56. The summed E-state index contributed by atoms with van der Waals surface area (Å²) in [5.74, 6) is 0.0295. The minimum Gasteiger partial charge on any atom is -0.343 e. The predicted octanol–water partition coefficient (Wildman–Crippen LogP) is 2.54. The average molecular weight is 323 g/mol. The van der Waals surface area contributed by atoms with Crippen molar-refractivity contribution in [1.82, 2.24) is 15.1 Å². The van der Waals surface area contributed by atoms with Crippen molar-refractivity contribution in [2.45, 2.75) is 13.0 Å². The van der Waals surface area contributed by atoms with E-state index in [1.165, 1.54) is 11.3 Å². The van der Waals surface area contributed by atoms with Gasteiger partial charge in [0, 0.05) is 36.3 Å². The number of aromatic nitrogens is 2. The van der Waals surface area contributed by atoms with Crippen LogP contribution in [0.5, 0.6) is 0 Å². The zero-order valence-corrected chi connectivity index (χ0v) is 13.1. The molecule has 0 aliphatic carbocycles. The fraction of sp³-hybridized carbons (Fsp3) is 0.357. The lowest BCUT2D eigenvalue weighted by Gasteiger charge is -2.39. The van der Waals surface area contributed by atoms with E-state index < -0.39 is 0 Å². The second-order valence-electron chi connectivity index (χ2n) is 5.03. The van der Waals surface area contributed by atoms with Crippen LogP contribution in [0.25, 0.3) is 0 Å². The summed E-state index contributed by atoms with van der Waals surface area (Å²) < 4.78 is 0. The van der Waals surface area contributed by atoms with Crippen LogP contribution in [0, 0.1) is 0 Å². The fourth-order valence-corrected chi connectivity index (χ4v) is 3.31. The summed E-state index contributed by atoms with van der Waals surface area (Å²) >= 11 is 7.48. The Morgan fingerprint density at radius 3 is 2.95 bits per heavy atom. The van der Waals surface area contributed by atoms with E-state index in [1.807, 2.05) is 4.90 Å². The minimum atomic E-state index is 0.0295. The quantitative estimate of drug-likeness (QED) is 0.852. The van der Waals surface area contributed by atoms with Crippen LogP contribution in [0.4, 0.5) is 5.13 Å². The summed E-state index contributed by atoms with van der Waals surface area (Å²) in [5.41, 5.74) is 2.36. The molecule has 5 nitrogen and oxygen atoms in total.